The summed E-state index contributed by atoms with van der Waals surface area (Å²) >= 11 is 0. The van der Waals surface area contributed by atoms with Crippen molar-refractivity contribution in [2.24, 2.45) is 5.92 Å². The number of rotatable bonds is 4. The molecule has 2 aliphatic rings. The molecular formula is C15H27N. The molecule has 0 radical (unpaired) electrons. The van der Waals surface area contributed by atoms with Gasteiger partial charge in [0.2, 0.25) is 0 Å². The number of nitrogens with zero attached hydrogens (tertiary/aromatic N) is 1. The van der Waals surface area contributed by atoms with Crippen molar-refractivity contribution in [2.45, 2.75) is 71.4 Å². The smallest absolute Gasteiger partial charge is 0.0311 e. The second kappa shape index (κ2) is 5.35. The maximum atomic E-state index is 2.83. The fourth-order valence-electron chi connectivity index (χ4n) is 3.75. The molecule has 1 heteroatoms. The van der Waals surface area contributed by atoms with E-state index in [1.807, 2.05) is 0 Å². The number of hydrogen-bond donors (Lipinski definition) is 0. The average Bonchev–Trinajstić information content (AvgIpc) is 2.78. The van der Waals surface area contributed by atoms with Crippen LogP contribution in [-0.2, 0) is 0 Å². The summed E-state index contributed by atoms with van der Waals surface area (Å²) in [7, 11) is 0. The van der Waals surface area contributed by atoms with E-state index in [-0.39, 0.29) is 0 Å². The van der Waals surface area contributed by atoms with E-state index in [9.17, 15) is 0 Å². The molecule has 0 aromatic carbocycles. The summed E-state index contributed by atoms with van der Waals surface area (Å²) in [5.41, 5.74) is 1.73. The Balaban J connectivity index is 2.21. The molecule has 0 aromatic heterocycles. The lowest BCUT2D eigenvalue weighted by Gasteiger charge is -2.42. The van der Waals surface area contributed by atoms with Crippen molar-refractivity contribution in [1.29, 1.82) is 0 Å². The van der Waals surface area contributed by atoms with E-state index < -0.39 is 0 Å². The fraction of sp³-hybridized carbons (Fsp3) is 0.867. The zero-order chi connectivity index (χ0) is 11.5. The van der Waals surface area contributed by atoms with Crippen molar-refractivity contribution >= 4 is 0 Å². The fourth-order valence-corrected chi connectivity index (χ4v) is 3.75. The molecule has 0 saturated carbocycles. The minimum atomic E-state index is 0.810. The van der Waals surface area contributed by atoms with Crippen molar-refractivity contribution in [3.8, 4) is 0 Å². The molecular weight excluding hydrogens is 194 g/mol. The highest BCUT2D eigenvalue weighted by atomic mass is 15.2. The molecule has 0 amide bonds. The molecule has 1 saturated heterocycles. The molecule has 0 bridgehead atoms. The highest BCUT2D eigenvalue weighted by molar-refractivity contribution is 5.20. The van der Waals surface area contributed by atoms with Crippen LogP contribution >= 0.6 is 0 Å². The summed E-state index contributed by atoms with van der Waals surface area (Å²) in [6.07, 6.45) is 10.8. The average molecular weight is 221 g/mol. The van der Waals surface area contributed by atoms with Gasteiger partial charge in [-0.05, 0) is 44.6 Å². The Hall–Kier alpha value is -0.300. The first-order valence-electron chi connectivity index (χ1n) is 7.28. The molecule has 2 rings (SSSR count). The van der Waals surface area contributed by atoms with E-state index in [1.165, 1.54) is 45.1 Å². The van der Waals surface area contributed by atoms with Gasteiger partial charge in [0.15, 0.2) is 0 Å². The Morgan fingerprint density at radius 1 is 1.31 bits per heavy atom. The van der Waals surface area contributed by atoms with Crippen LogP contribution in [0, 0.1) is 5.92 Å². The monoisotopic (exact) mass is 221 g/mol. The SMILES string of the molecule is CCC[C@@H]1[C@@H](CC)C=C(CC)[C@@H]2CCCN12. The van der Waals surface area contributed by atoms with Crippen molar-refractivity contribution in [3.05, 3.63) is 11.6 Å². The van der Waals surface area contributed by atoms with Crippen molar-refractivity contribution in [1.82, 2.24) is 4.90 Å². The summed E-state index contributed by atoms with van der Waals surface area (Å²) in [4.78, 5) is 2.83. The van der Waals surface area contributed by atoms with Crippen LogP contribution in [0.2, 0.25) is 0 Å². The lowest BCUT2D eigenvalue weighted by Crippen LogP contribution is -2.47. The van der Waals surface area contributed by atoms with Gasteiger partial charge < -0.3 is 0 Å². The Labute approximate surface area is 101 Å². The molecule has 0 aliphatic carbocycles. The quantitative estimate of drug-likeness (QED) is 0.649. The first kappa shape index (κ1) is 12.2. The van der Waals surface area contributed by atoms with Gasteiger partial charge in [-0.1, -0.05) is 38.8 Å². The molecule has 0 N–H and O–H groups in total. The largest absolute Gasteiger partial charge is 0.293 e. The Morgan fingerprint density at radius 3 is 2.75 bits per heavy atom. The van der Waals surface area contributed by atoms with Crippen molar-refractivity contribution in [3.63, 3.8) is 0 Å². The standard InChI is InChI=1S/C15H27N/c1-4-8-14-12(5-2)11-13(6-3)15-9-7-10-16(14)15/h11-12,14-15H,4-10H2,1-3H3/t12-,14+,15-/m0/s1. The highest BCUT2D eigenvalue weighted by Crippen LogP contribution is 2.38. The minimum absolute atomic E-state index is 0.810. The van der Waals surface area contributed by atoms with Crippen LogP contribution in [0.4, 0.5) is 0 Å². The number of hydrogen-bond acceptors (Lipinski definition) is 1. The van der Waals surface area contributed by atoms with E-state index in [0.717, 1.165) is 18.0 Å². The molecule has 16 heavy (non-hydrogen) atoms. The van der Waals surface area contributed by atoms with Gasteiger partial charge in [0, 0.05) is 12.1 Å². The van der Waals surface area contributed by atoms with Gasteiger partial charge in [0.1, 0.15) is 0 Å². The maximum absolute atomic E-state index is 2.83. The topological polar surface area (TPSA) is 3.24 Å². The maximum Gasteiger partial charge on any atom is 0.0311 e. The van der Waals surface area contributed by atoms with Crippen LogP contribution in [0.5, 0.6) is 0 Å². The summed E-state index contributed by atoms with van der Waals surface area (Å²) < 4.78 is 0. The summed E-state index contributed by atoms with van der Waals surface area (Å²) in [6, 6.07) is 1.65. The van der Waals surface area contributed by atoms with Gasteiger partial charge in [-0.3, -0.25) is 4.90 Å². The second-order valence-corrected chi connectivity index (χ2v) is 5.42. The molecule has 1 nitrogen and oxygen atoms in total. The Bertz CT molecular complexity index is 256. The van der Waals surface area contributed by atoms with Gasteiger partial charge in [-0.2, -0.15) is 0 Å². The molecule has 0 aromatic rings. The minimum Gasteiger partial charge on any atom is -0.293 e. The summed E-state index contributed by atoms with van der Waals surface area (Å²) in [6.45, 7) is 8.36. The molecule has 0 unspecified atom stereocenters. The van der Waals surface area contributed by atoms with E-state index in [0.29, 0.717) is 0 Å². The molecule has 3 atom stereocenters. The van der Waals surface area contributed by atoms with E-state index in [1.54, 1.807) is 5.57 Å². The van der Waals surface area contributed by atoms with Gasteiger partial charge >= 0.3 is 0 Å². The zero-order valence-electron chi connectivity index (χ0n) is 11.2. The molecule has 2 aliphatic heterocycles. The van der Waals surface area contributed by atoms with Crippen LogP contribution in [0.1, 0.15) is 59.3 Å². The van der Waals surface area contributed by atoms with E-state index >= 15 is 0 Å². The van der Waals surface area contributed by atoms with Gasteiger partial charge in [0.05, 0.1) is 0 Å². The second-order valence-electron chi connectivity index (χ2n) is 5.42. The highest BCUT2D eigenvalue weighted by Gasteiger charge is 2.38. The van der Waals surface area contributed by atoms with Crippen LogP contribution in [0.15, 0.2) is 11.6 Å². The van der Waals surface area contributed by atoms with Crippen LogP contribution in [0.3, 0.4) is 0 Å². The molecule has 92 valence electrons. The van der Waals surface area contributed by atoms with Gasteiger partial charge in [0.25, 0.3) is 0 Å². The Morgan fingerprint density at radius 2 is 2.12 bits per heavy atom. The third-order valence-corrected chi connectivity index (χ3v) is 4.53. The van der Waals surface area contributed by atoms with Crippen LogP contribution in [0.25, 0.3) is 0 Å². The molecule has 0 spiro atoms. The predicted molar refractivity (Wildman–Crippen MR) is 70.6 cm³/mol. The lowest BCUT2D eigenvalue weighted by molar-refractivity contribution is 0.131. The molecule has 1 fully saturated rings. The third-order valence-electron chi connectivity index (χ3n) is 4.53. The normalized spacial score (nSPS) is 34.9. The lowest BCUT2D eigenvalue weighted by atomic mass is 9.83. The van der Waals surface area contributed by atoms with Gasteiger partial charge in [-0.25, -0.2) is 0 Å². The third kappa shape index (κ3) is 2.07. The van der Waals surface area contributed by atoms with Crippen molar-refractivity contribution in [2.75, 3.05) is 6.54 Å². The first-order chi connectivity index (χ1) is 7.81. The van der Waals surface area contributed by atoms with E-state index in [2.05, 4.69) is 31.7 Å². The van der Waals surface area contributed by atoms with Crippen LogP contribution in [-0.4, -0.2) is 23.5 Å². The van der Waals surface area contributed by atoms with E-state index in [4.69, 9.17) is 0 Å². The van der Waals surface area contributed by atoms with Crippen molar-refractivity contribution < 1.29 is 0 Å². The Kier molecular flexibility index (Phi) is 4.07. The molecule has 2 heterocycles. The van der Waals surface area contributed by atoms with Gasteiger partial charge in [-0.15, -0.1) is 0 Å². The first-order valence-corrected chi connectivity index (χ1v) is 7.28. The predicted octanol–water partition coefficient (Wildman–Crippen LogP) is 4.00. The number of fused-ring (bicyclic) bond motifs is 1. The zero-order valence-corrected chi connectivity index (χ0v) is 11.2. The summed E-state index contributed by atoms with van der Waals surface area (Å²) in [5, 5.41) is 0. The summed E-state index contributed by atoms with van der Waals surface area (Å²) in [5.74, 6) is 0.823. The van der Waals surface area contributed by atoms with Crippen LogP contribution < -0.4 is 0 Å².